The van der Waals surface area contributed by atoms with Crippen LogP contribution in [0.2, 0.25) is 5.02 Å². The van der Waals surface area contributed by atoms with Crippen molar-refractivity contribution in [3.05, 3.63) is 96.4 Å². The second-order valence-electron chi connectivity index (χ2n) is 7.83. The second kappa shape index (κ2) is 9.18. The summed E-state index contributed by atoms with van der Waals surface area (Å²) < 4.78 is 4.71. The molecule has 0 radical (unpaired) electrons. The molecule has 0 fully saturated rings. The van der Waals surface area contributed by atoms with Crippen molar-refractivity contribution in [1.29, 1.82) is 5.26 Å². The number of halogens is 1. The summed E-state index contributed by atoms with van der Waals surface area (Å²) in [7, 11) is 0. The first kappa shape index (κ1) is 21.4. The summed E-state index contributed by atoms with van der Waals surface area (Å²) in [6, 6.07) is 19.0. The Kier molecular flexibility index (Phi) is 5.95. The number of fused-ring (bicyclic) bond motifs is 1. The van der Waals surface area contributed by atoms with Crippen molar-refractivity contribution in [3.8, 4) is 11.8 Å². The van der Waals surface area contributed by atoms with Crippen LogP contribution in [0, 0.1) is 11.3 Å². The predicted molar refractivity (Wildman–Crippen MR) is 130 cm³/mol. The number of rotatable bonds is 3. The standard InChI is InChI=1S/C25H20ClN5OS/c26-18-12-10-17(11-13-18)15-21-24(32)31(19-7-3-1-4-8-19)25(33-21)20(16-27)23-29-28-22-9-5-2-6-14-30(22)23/h1,3-4,7-8,10-13,15H,2,5-6,9,14H2/b21-15+,25-20+. The topological polar surface area (TPSA) is 76.5 Å². The van der Waals surface area contributed by atoms with Gasteiger partial charge in [-0.15, -0.1) is 21.5 Å². The fourth-order valence-electron chi connectivity index (χ4n) is 4.04. The van der Waals surface area contributed by atoms with E-state index in [2.05, 4.69) is 16.3 Å². The van der Waals surface area contributed by atoms with Crippen molar-refractivity contribution in [2.24, 2.45) is 0 Å². The highest BCUT2D eigenvalue weighted by Gasteiger charge is 2.21. The summed E-state index contributed by atoms with van der Waals surface area (Å²) in [4.78, 5) is 13.5. The minimum Gasteiger partial charge on any atom is -0.310 e. The molecule has 0 bridgehead atoms. The molecule has 33 heavy (non-hydrogen) atoms. The van der Waals surface area contributed by atoms with E-state index in [9.17, 15) is 10.1 Å². The Bertz CT molecular complexity index is 1520. The Morgan fingerprint density at radius 2 is 1.85 bits per heavy atom. The maximum Gasteiger partial charge on any atom is 0.273 e. The molecule has 8 heteroatoms. The Labute approximate surface area is 199 Å². The van der Waals surface area contributed by atoms with Crippen LogP contribution in [0.25, 0.3) is 17.3 Å². The number of para-hydroxylation sites is 1. The van der Waals surface area contributed by atoms with Crippen LogP contribution in [-0.2, 0) is 13.0 Å². The van der Waals surface area contributed by atoms with Gasteiger partial charge in [-0.1, -0.05) is 48.4 Å². The third kappa shape index (κ3) is 4.15. The molecule has 0 unspecified atom stereocenters. The summed E-state index contributed by atoms with van der Waals surface area (Å²) in [6.07, 6.45) is 5.87. The second-order valence-corrected chi connectivity index (χ2v) is 9.30. The number of nitriles is 1. The van der Waals surface area contributed by atoms with E-state index in [4.69, 9.17) is 11.6 Å². The Morgan fingerprint density at radius 1 is 1.06 bits per heavy atom. The van der Waals surface area contributed by atoms with E-state index in [0.29, 0.717) is 31.3 Å². The maximum absolute atomic E-state index is 13.5. The van der Waals surface area contributed by atoms with Crippen molar-refractivity contribution in [2.75, 3.05) is 0 Å². The van der Waals surface area contributed by atoms with Gasteiger partial charge in [0.1, 0.15) is 22.1 Å². The summed E-state index contributed by atoms with van der Waals surface area (Å²) in [5, 5.41) is 19.6. The lowest BCUT2D eigenvalue weighted by atomic mass is 10.2. The number of hydrogen-bond acceptors (Lipinski definition) is 5. The van der Waals surface area contributed by atoms with E-state index >= 15 is 0 Å². The fraction of sp³-hybridized carbons (Fsp3) is 0.200. The van der Waals surface area contributed by atoms with E-state index < -0.39 is 0 Å². The molecule has 164 valence electrons. The average Bonchev–Trinajstić information content (AvgIpc) is 3.27. The van der Waals surface area contributed by atoms with Gasteiger partial charge in [-0.05, 0) is 48.7 Å². The van der Waals surface area contributed by atoms with Gasteiger partial charge in [-0.25, -0.2) is 0 Å². The molecule has 0 spiro atoms. The maximum atomic E-state index is 13.5. The Balaban J connectivity index is 1.82. The van der Waals surface area contributed by atoms with Gasteiger partial charge in [0.25, 0.3) is 5.56 Å². The van der Waals surface area contributed by atoms with Crippen LogP contribution in [-0.4, -0.2) is 19.3 Å². The van der Waals surface area contributed by atoms with Crippen LogP contribution in [0.15, 0.2) is 59.4 Å². The lowest BCUT2D eigenvalue weighted by Crippen LogP contribution is -2.31. The summed E-state index contributed by atoms with van der Waals surface area (Å²) in [5.74, 6) is 1.42. The molecule has 0 atom stereocenters. The summed E-state index contributed by atoms with van der Waals surface area (Å²) in [5.41, 5.74) is 1.74. The molecule has 0 aliphatic carbocycles. The van der Waals surface area contributed by atoms with E-state index in [-0.39, 0.29) is 5.56 Å². The largest absolute Gasteiger partial charge is 0.310 e. The van der Waals surface area contributed by atoms with Gasteiger partial charge in [0.15, 0.2) is 5.82 Å². The molecule has 0 N–H and O–H groups in total. The van der Waals surface area contributed by atoms with Crippen LogP contribution in [0.1, 0.15) is 36.5 Å². The van der Waals surface area contributed by atoms with Gasteiger partial charge >= 0.3 is 0 Å². The lowest BCUT2D eigenvalue weighted by molar-refractivity contribution is 0.627. The van der Waals surface area contributed by atoms with E-state index in [0.717, 1.165) is 43.6 Å². The molecule has 2 aromatic carbocycles. The quantitative estimate of drug-likeness (QED) is 0.457. The predicted octanol–water partition coefficient (Wildman–Crippen LogP) is 3.42. The number of aromatic nitrogens is 4. The van der Waals surface area contributed by atoms with E-state index in [1.165, 1.54) is 11.3 Å². The lowest BCUT2D eigenvalue weighted by Gasteiger charge is -2.07. The smallest absolute Gasteiger partial charge is 0.273 e. The van der Waals surface area contributed by atoms with Gasteiger partial charge in [-0.3, -0.25) is 9.36 Å². The molecule has 0 saturated carbocycles. The van der Waals surface area contributed by atoms with Gasteiger partial charge in [0.2, 0.25) is 0 Å². The Morgan fingerprint density at radius 3 is 2.61 bits per heavy atom. The highest BCUT2D eigenvalue weighted by atomic mass is 35.5. The van der Waals surface area contributed by atoms with Crippen molar-refractivity contribution in [3.63, 3.8) is 0 Å². The van der Waals surface area contributed by atoms with Crippen molar-refractivity contribution in [2.45, 2.75) is 32.2 Å². The van der Waals surface area contributed by atoms with Crippen LogP contribution < -0.4 is 14.8 Å². The number of thiazole rings is 1. The monoisotopic (exact) mass is 473 g/mol. The summed E-state index contributed by atoms with van der Waals surface area (Å²) in [6.45, 7) is 0.771. The number of benzene rings is 2. The zero-order valence-electron chi connectivity index (χ0n) is 17.7. The van der Waals surface area contributed by atoms with Gasteiger partial charge in [0, 0.05) is 18.0 Å². The molecule has 3 heterocycles. The molecule has 1 aliphatic rings. The van der Waals surface area contributed by atoms with Crippen molar-refractivity contribution < 1.29 is 0 Å². The zero-order chi connectivity index (χ0) is 22.8. The number of hydrogen-bond donors (Lipinski definition) is 0. The Hall–Kier alpha value is -3.47. The number of aryl methyl sites for hydroxylation is 1. The molecular weight excluding hydrogens is 454 g/mol. The minimum absolute atomic E-state index is 0.181. The first-order valence-corrected chi connectivity index (χ1v) is 12.0. The molecule has 0 amide bonds. The fourth-order valence-corrected chi connectivity index (χ4v) is 5.26. The molecular formula is C25H20ClN5OS. The van der Waals surface area contributed by atoms with Crippen molar-refractivity contribution in [1.82, 2.24) is 19.3 Å². The van der Waals surface area contributed by atoms with Crippen molar-refractivity contribution >= 4 is 34.6 Å². The molecule has 5 rings (SSSR count). The van der Waals surface area contributed by atoms with Crippen LogP contribution in [0.4, 0.5) is 0 Å². The molecule has 4 aromatic rings. The highest BCUT2D eigenvalue weighted by molar-refractivity contribution is 7.07. The van der Waals surface area contributed by atoms with Gasteiger partial charge in [-0.2, -0.15) is 5.26 Å². The SMILES string of the molecule is N#C/C(c1nnc2n1CCCCC2)=c1\s/c(=C/c2ccc(Cl)cc2)c(=O)n1-c1ccccc1. The van der Waals surface area contributed by atoms with Crippen LogP contribution >= 0.6 is 22.9 Å². The summed E-state index contributed by atoms with van der Waals surface area (Å²) >= 11 is 7.30. The normalized spacial score (nSPS) is 15.0. The first-order chi connectivity index (χ1) is 16.2. The van der Waals surface area contributed by atoms with Gasteiger partial charge < -0.3 is 4.57 Å². The van der Waals surface area contributed by atoms with E-state index in [1.807, 2.05) is 53.1 Å². The first-order valence-electron chi connectivity index (χ1n) is 10.8. The van der Waals surface area contributed by atoms with E-state index in [1.54, 1.807) is 16.7 Å². The molecule has 2 aromatic heterocycles. The average molecular weight is 474 g/mol. The number of nitrogens with zero attached hydrogens (tertiary/aromatic N) is 5. The third-order valence-electron chi connectivity index (χ3n) is 5.66. The zero-order valence-corrected chi connectivity index (χ0v) is 19.3. The molecule has 1 aliphatic heterocycles. The molecule has 6 nitrogen and oxygen atoms in total. The van der Waals surface area contributed by atoms with Crippen LogP contribution in [0.3, 0.4) is 0 Å². The highest BCUT2D eigenvalue weighted by Crippen LogP contribution is 2.18. The van der Waals surface area contributed by atoms with Gasteiger partial charge in [0.05, 0.1) is 10.2 Å². The van der Waals surface area contributed by atoms with Crippen LogP contribution in [0.5, 0.6) is 0 Å². The minimum atomic E-state index is -0.181. The third-order valence-corrected chi connectivity index (χ3v) is 7.01. The molecule has 0 saturated heterocycles.